The highest BCUT2D eigenvalue weighted by Crippen LogP contribution is 2.20. The Bertz CT molecular complexity index is 999. The van der Waals surface area contributed by atoms with Crippen molar-refractivity contribution in [3.05, 3.63) is 94.2 Å². The number of rotatable bonds is 7. The molecule has 0 aliphatic heterocycles. The third kappa shape index (κ3) is 5.07. The molecule has 2 aromatic heterocycles. The minimum Gasteiger partial charge on any atom is -0.487 e. The van der Waals surface area contributed by atoms with E-state index in [0.29, 0.717) is 17.9 Å². The van der Waals surface area contributed by atoms with E-state index in [4.69, 9.17) is 4.74 Å². The lowest BCUT2D eigenvalue weighted by molar-refractivity contribution is -0.122. The summed E-state index contributed by atoms with van der Waals surface area (Å²) in [4.78, 5) is 28.6. The molecule has 0 radical (unpaired) electrons. The molecule has 6 heteroatoms. The molecule has 6 nitrogen and oxygen atoms in total. The topological polar surface area (TPSA) is 73.2 Å². The molecule has 0 bridgehead atoms. The Kier molecular flexibility index (Phi) is 6.22. The molecule has 0 saturated carbocycles. The molecule has 0 aliphatic carbocycles. The van der Waals surface area contributed by atoms with Crippen LogP contribution >= 0.6 is 0 Å². The molecule has 28 heavy (non-hydrogen) atoms. The number of ether oxygens (including phenoxy) is 1. The Morgan fingerprint density at radius 1 is 1.18 bits per heavy atom. The Hall–Kier alpha value is -3.41. The van der Waals surface area contributed by atoms with Gasteiger partial charge in [-0.15, -0.1) is 0 Å². The smallest absolute Gasteiger partial charge is 0.253 e. The minimum atomic E-state index is -0.222. The van der Waals surface area contributed by atoms with Gasteiger partial charge in [0, 0.05) is 18.0 Å². The van der Waals surface area contributed by atoms with Crippen LogP contribution in [0.3, 0.4) is 0 Å². The number of hydrogen-bond donors (Lipinski definition) is 1. The van der Waals surface area contributed by atoms with Crippen LogP contribution in [0, 0.1) is 6.92 Å². The van der Waals surface area contributed by atoms with E-state index in [1.807, 2.05) is 49.4 Å². The van der Waals surface area contributed by atoms with Crippen LogP contribution in [0.4, 0.5) is 0 Å². The fourth-order valence-electron chi connectivity index (χ4n) is 2.82. The number of benzene rings is 1. The molecular formula is C22H23N3O3. The van der Waals surface area contributed by atoms with Crippen LogP contribution in [0.25, 0.3) is 0 Å². The van der Waals surface area contributed by atoms with Gasteiger partial charge in [-0.1, -0.05) is 24.3 Å². The van der Waals surface area contributed by atoms with Gasteiger partial charge in [-0.05, 0) is 49.7 Å². The van der Waals surface area contributed by atoms with Gasteiger partial charge in [-0.25, -0.2) is 0 Å². The SMILES string of the molecule is Cc1cccn(CC(=O)NC(C)c2cccc(OCc3ccccn3)c2)c1=O. The van der Waals surface area contributed by atoms with Crippen LogP contribution in [0.5, 0.6) is 5.75 Å². The van der Waals surface area contributed by atoms with Gasteiger partial charge in [0.2, 0.25) is 5.91 Å². The summed E-state index contributed by atoms with van der Waals surface area (Å²) in [6.07, 6.45) is 3.35. The fraction of sp³-hybridized carbons (Fsp3) is 0.227. The van der Waals surface area contributed by atoms with Gasteiger partial charge >= 0.3 is 0 Å². The number of carbonyl (C=O) groups excluding carboxylic acids is 1. The average molecular weight is 377 g/mol. The van der Waals surface area contributed by atoms with Crippen LogP contribution in [0.2, 0.25) is 0 Å². The highest BCUT2D eigenvalue weighted by Gasteiger charge is 2.12. The summed E-state index contributed by atoms with van der Waals surface area (Å²) in [6.45, 7) is 3.99. The first-order valence-electron chi connectivity index (χ1n) is 9.11. The zero-order valence-electron chi connectivity index (χ0n) is 16.0. The normalized spacial score (nSPS) is 11.6. The third-order valence-electron chi connectivity index (χ3n) is 4.37. The van der Waals surface area contributed by atoms with E-state index in [9.17, 15) is 9.59 Å². The van der Waals surface area contributed by atoms with Gasteiger partial charge in [0.25, 0.3) is 5.56 Å². The van der Waals surface area contributed by atoms with Gasteiger partial charge < -0.3 is 14.6 Å². The Balaban J connectivity index is 1.60. The number of nitrogens with one attached hydrogen (secondary N) is 1. The first-order valence-corrected chi connectivity index (χ1v) is 9.11. The van der Waals surface area contributed by atoms with Crippen LogP contribution in [-0.2, 0) is 17.9 Å². The van der Waals surface area contributed by atoms with Crippen molar-refractivity contribution in [1.29, 1.82) is 0 Å². The lowest BCUT2D eigenvalue weighted by Crippen LogP contribution is -2.34. The van der Waals surface area contributed by atoms with E-state index >= 15 is 0 Å². The molecule has 1 atom stereocenters. The van der Waals surface area contributed by atoms with Crippen molar-refractivity contribution in [3.63, 3.8) is 0 Å². The van der Waals surface area contributed by atoms with Crippen molar-refractivity contribution >= 4 is 5.91 Å². The molecule has 1 unspecified atom stereocenters. The van der Waals surface area contributed by atoms with E-state index in [2.05, 4.69) is 10.3 Å². The molecule has 0 spiro atoms. The van der Waals surface area contributed by atoms with Crippen molar-refractivity contribution < 1.29 is 9.53 Å². The summed E-state index contributed by atoms with van der Waals surface area (Å²) in [7, 11) is 0. The second-order valence-corrected chi connectivity index (χ2v) is 6.60. The van der Waals surface area contributed by atoms with E-state index in [1.54, 1.807) is 31.5 Å². The molecule has 0 saturated heterocycles. The predicted octanol–water partition coefficient (Wildman–Crippen LogP) is 3.01. The largest absolute Gasteiger partial charge is 0.487 e. The molecule has 0 fully saturated rings. The zero-order valence-corrected chi connectivity index (χ0v) is 16.0. The van der Waals surface area contributed by atoms with E-state index in [0.717, 1.165) is 11.3 Å². The summed E-state index contributed by atoms with van der Waals surface area (Å²) < 4.78 is 7.20. The summed E-state index contributed by atoms with van der Waals surface area (Å²) in [6, 6.07) is 16.5. The number of aryl methyl sites for hydroxylation is 1. The van der Waals surface area contributed by atoms with Gasteiger partial charge in [-0.2, -0.15) is 0 Å². The maximum Gasteiger partial charge on any atom is 0.253 e. The predicted molar refractivity (Wildman–Crippen MR) is 107 cm³/mol. The summed E-state index contributed by atoms with van der Waals surface area (Å²) in [5, 5.41) is 2.93. The van der Waals surface area contributed by atoms with Gasteiger partial charge in [0.15, 0.2) is 0 Å². The van der Waals surface area contributed by atoms with Gasteiger partial charge in [-0.3, -0.25) is 14.6 Å². The highest BCUT2D eigenvalue weighted by molar-refractivity contribution is 5.76. The molecule has 2 heterocycles. The van der Waals surface area contributed by atoms with Crippen molar-refractivity contribution in [2.75, 3.05) is 0 Å². The third-order valence-corrected chi connectivity index (χ3v) is 4.37. The second-order valence-electron chi connectivity index (χ2n) is 6.60. The van der Waals surface area contributed by atoms with Crippen molar-refractivity contribution in [2.45, 2.75) is 33.0 Å². The molecule has 3 rings (SSSR count). The number of nitrogens with zero attached hydrogens (tertiary/aromatic N) is 2. The lowest BCUT2D eigenvalue weighted by Gasteiger charge is -2.16. The van der Waals surface area contributed by atoms with Crippen molar-refractivity contribution in [1.82, 2.24) is 14.9 Å². The summed E-state index contributed by atoms with van der Waals surface area (Å²) >= 11 is 0. The molecule has 1 amide bonds. The number of aromatic nitrogens is 2. The highest BCUT2D eigenvalue weighted by atomic mass is 16.5. The number of amides is 1. The van der Waals surface area contributed by atoms with E-state index in [-0.39, 0.29) is 24.1 Å². The van der Waals surface area contributed by atoms with Crippen molar-refractivity contribution in [2.24, 2.45) is 0 Å². The second kappa shape index (κ2) is 8.99. The van der Waals surface area contributed by atoms with Crippen LogP contribution < -0.4 is 15.6 Å². The molecule has 1 aromatic carbocycles. The quantitative estimate of drug-likeness (QED) is 0.687. The average Bonchev–Trinajstić information content (AvgIpc) is 2.71. The Morgan fingerprint density at radius 3 is 2.82 bits per heavy atom. The lowest BCUT2D eigenvalue weighted by atomic mass is 10.1. The fourth-order valence-corrected chi connectivity index (χ4v) is 2.82. The standard InChI is InChI=1S/C22H23N3O3/c1-16-7-6-12-25(22(16)27)14-21(26)24-17(2)18-8-5-10-20(13-18)28-15-19-9-3-4-11-23-19/h3-13,17H,14-15H2,1-2H3,(H,24,26). The summed E-state index contributed by atoms with van der Waals surface area (Å²) in [5.41, 5.74) is 2.22. The van der Waals surface area contributed by atoms with E-state index < -0.39 is 0 Å². The number of carbonyl (C=O) groups is 1. The summed E-state index contributed by atoms with van der Waals surface area (Å²) in [5.74, 6) is 0.485. The monoisotopic (exact) mass is 377 g/mol. The molecule has 144 valence electrons. The Morgan fingerprint density at radius 2 is 2.04 bits per heavy atom. The maximum atomic E-state index is 12.3. The van der Waals surface area contributed by atoms with Crippen LogP contribution in [0.1, 0.15) is 29.8 Å². The molecule has 3 aromatic rings. The first kappa shape index (κ1) is 19.4. The van der Waals surface area contributed by atoms with E-state index in [1.165, 1.54) is 4.57 Å². The number of pyridine rings is 2. The first-order chi connectivity index (χ1) is 13.5. The van der Waals surface area contributed by atoms with Crippen LogP contribution in [0.15, 0.2) is 71.8 Å². The molecule has 1 N–H and O–H groups in total. The van der Waals surface area contributed by atoms with Gasteiger partial charge in [0.05, 0.1) is 11.7 Å². The minimum absolute atomic E-state index is 0.0132. The van der Waals surface area contributed by atoms with Crippen molar-refractivity contribution in [3.8, 4) is 5.75 Å². The zero-order chi connectivity index (χ0) is 19.9. The molecular weight excluding hydrogens is 354 g/mol. The maximum absolute atomic E-state index is 12.3. The molecule has 0 aliphatic rings. The van der Waals surface area contributed by atoms with Gasteiger partial charge in [0.1, 0.15) is 18.9 Å². The number of hydrogen-bond acceptors (Lipinski definition) is 4. The van der Waals surface area contributed by atoms with Crippen LogP contribution in [-0.4, -0.2) is 15.5 Å². The Labute approximate surface area is 163 Å².